The van der Waals surface area contributed by atoms with Crippen LogP contribution in [0.2, 0.25) is 0 Å². The number of benzene rings is 2. The summed E-state index contributed by atoms with van der Waals surface area (Å²) in [6.07, 6.45) is 5.49. The molecule has 1 amide bonds. The van der Waals surface area contributed by atoms with Crippen molar-refractivity contribution in [2.24, 2.45) is 4.99 Å². The number of aliphatic imine (C=N–C) groups is 1. The summed E-state index contributed by atoms with van der Waals surface area (Å²) in [4.78, 5) is 17.4. The van der Waals surface area contributed by atoms with Gasteiger partial charge in [0.25, 0.3) is 15.9 Å². The third-order valence-corrected chi connectivity index (χ3v) is 7.18. The van der Waals surface area contributed by atoms with E-state index in [1.807, 2.05) is 30.5 Å². The van der Waals surface area contributed by atoms with Crippen LogP contribution in [0.5, 0.6) is 0 Å². The lowest BCUT2D eigenvalue weighted by molar-refractivity contribution is 0.0997. The number of hydrogen-bond donors (Lipinski definition) is 2. The van der Waals surface area contributed by atoms with Crippen LogP contribution in [0.25, 0.3) is 11.0 Å². The summed E-state index contributed by atoms with van der Waals surface area (Å²) in [6, 6.07) is 13.7. The van der Waals surface area contributed by atoms with E-state index in [9.17, 15) is 13.2 Å². The molecule has 3 aromatic rings. The van der Waals surface area contributed by atoms with Crippen LogP contribution in [-0.4, -0.2) is 33.0 Å². The Morgan fingerprint density at radius 3 is 2.81 bits per heavy atom. The molecule has 0 spiro atoms. The number of thioether (sulfide) groups is 1. The molecule has 7 nitrogen and oxygen atoms in total. The number of nitrogens with zero attached hydrogens (tertiary/aromatic N) is 1. The molecule has 2 heterocycles. The maximum absolute atomic E-state index is 13.0. The van der Waals surface area contributed by atoms with E-state index in [1.54, 1.807) is 23.9 Å². The number of anilines is 1. The van der Waals surface area contributed by atoms with Crippen LogP contribution in [0.1, 0.15) is 41.8 Å². The summed E-state index contributed by atoms with van der Waals surface area (Å²) < 4.78 is 34.1. The van der Waals surface area contributed by atoms with Gasteiger partial charge in [-0.05, 0) is 43.4 Å². The highest BCUT2D eigenvalue weighted by atomic mass is 32.2. The number of rotatable bonds is 6. The van der Waals surface area contributed by atoms with Gasteiger partial charge in [-0.2, -0.15) is 11.8 Å². The highest BCUT2D eigenvalue weighted by molar-refractivity contribution is 7.97. The summed E-state index contributed by atoms with van der Waals surface area (Å²) in [6.45, 7) is 0.629. The second-order valence-electron chi connectivity index (χ2n) is 7.57. The second-order valence-corrected chi connectivity index (χ2v) is 10.1. The van der Waals surface area contributed by atoms with Crippen LogP contribution in [0, 0.1) is 0 Å². The molecule has 2 N–H and O–H groups in total. The van der Waals surface area contributed by atoms with Crippen LogP contribution in [0.15, 0.2) is 62.8 Å². The number of hydrogen-bond acceptors (Lipinski definition) is 6. The third kappa shape index (κ3) is 4.99. The number of sulfonamides is 1. The lowest BCUT2D eigenvalue weighted by Gasteiger charge is -2.11. The first-order valence-electron chi connectivity index (χ1n) is 10.4. The van der Waals surface area contributed by atoms with Crippen LogP contribution < -0.4 is 10.0 Å². The zero-order chi connectivity index (χ0) is 22.6. The van der Waals surface area contributed by atoms with Crippen molar-refractivity contribution in [1.82, 2.24) is 4.72 Å². The average molecular weight is 472 g/mol. The smallest absolute Gasteiger partial charge is 0.291 e. The molecule has 0 atom stereocenters. The fourth-order valence-electron chi connectivity index (χ4n) is 3.67. The lowest BCUT2D eigenvalue weighted by Crippen LogP contribution is -2.30. The average Bonchev–Trinajstić information content (AvgIpc) is 2.95. The first-order valence-corrected chi connectivity index (χ1v) is 13.3. The van der Waals surface area contributed by atoms with E-state index >= 15 is 0 Å². The van der Waals surface area contributed by atoms with Crippen molar-refractivity contribution in [2.45, 2.75) is 36.3 Å². The maximum atomic E-state index is 13.0. The highest BCUT2D eigenvalue weighted by Crippen LogP contribution is 2.29. The van der Waals surface area contributed by atoms with Crippen LogP contribution >= 0.6 is 11.8 Å². The molecule has 0 fully saturated rings. The van der Waals surface area contributed by atoms with Crippen molar-refractivity contribution in [3.63, 3.8) is 0 Å². The van der Waals surface area contributed by atoms with Crippen molar-refractivity contribution in [1.29, 1.82) is 0 Å². The van der Waals surface area contributed by atoms with Gasteiger partial charge in [-0.15, -0.1) is 0 Å². The molecule has 168 valence electrons. The number of amidine groups is 1. The van der Waals surface area contributed by atoms with Crippen LogP contribution in [-0.2, 0) is 15.8 Å². The Hall–Kier alpha value is -2.78. The Morgan fingerprint density at radius 2 is 1.97 bits per heavy atom. The van der Waals surface area contributed by atoms with Crippen molar-refractivity contribution in [2.75, 3.05) is 18.1 Å². The number of furan rings is 1. The summed E-state index contributed by atoms with van der Waals surface area (Å²) in [5.74, 6) is 0.932. The number of amides is 1. The summed E-state index contributed by atoms with van der Waals surface area (Å²) >= 11 is 1.60. The van der Waals surface area contributed by atoms with Gasteiger partial charge in [-0.3, -0.25) is 14.5 Å². The molecule has 32 heavy (non-hydrogen) atoms. The topological polar surface area (TPSA) is 101 Å². The monoisotopic (exact) mass is 471 g/mol. The molecule has 1 aromatic heterocycles. The molecular weight excluding hydrogens is 446 g/mol. The standard InChI is InChI=1S/C23H25N3O4S2/c1-31-15-19-18-10-4-5-11-20(18)30-22(19)23(27)25-16-8-7-9-17(14-16)32(28,29)26-21-12-3-2-6-13-24-21/h4-5,7-11,14H,2-3,6,12-13,15H2,1H3,(H,24,26)(H,25,27). The van der Waals surface area contributed by atoms with E-state index in [4.69, 9.17) is 4.42 Å². The first kappa shape index (κ1) is 22.4. The molecule has 0 bridgehead atoms. The minimum atomic E-state index is -3.80. The van der Waals surface area contributed by atoms with Gasteiger partial charge < -0.3 is 9.73 Å². The lowest BCUT2D eigenvalue weighted by atomic mass is 10.1. The quantitative estimate of drug-likeness (QED) is 0.538. The third-order valence-electron chi connectivity index (χ3n) is 5.22. The van der Waals surface area contributed by atoms with E-state index in [0.717, 1.165) is 30.2 Å². The van der Waals surface area contributed by atoms with Gasteiger partial charge in [0.2, 0.25) is 0 Å². The SMILES string of the molecule is CSCc1c(C(=O)Nc2cccc(S(=O)(=O)NC3=NCCCCC3)c2)oc2ccccc12. The molecule has 0 aliphatic carbocycles. The van der Waals surface area contributed by atoms with Crippen LogP contribution in [0.3, 0.4) is 0 Å². The van der Waals surface area contributed by atoms with Crippen molar-refractivity contribution in [3.05, 3.63) is 59.9 Å². The van der Waals surface area contributed by atoms with Crippen molar-refractivity contribution in [3.8, 4) is 0 Å². The van der Waals surface area contributed by atoms with E-state index in [2.05, 4.69) is 15.0 Å². The zero-order valence-corrected chi connectivity index (χ0v) is 19.4. The van der Waals surface area contributed by atoms with Gasteiger partial charge in [0.05, 0.1) is 4.90 Å². The molecule has 1 aliphatic heterocycles. The highest BCUT2D eigenvalue weighted by Gasteiger charge is 2.22. The summed E-state index contributed by atoms with van der Waals surface area (Å²) in [5, 5.41) is 3.68. The molecule has 0 unspecified atom stereocenters. The Labute approximate surface area is 191 Å². The number of fused-ring (bicyclic) bond motifs is 1. The Morgan fingerprint density at radius 1 is 1.12 bits per heavy atom. The van der Waals surface area contributed by atoms with Gasteiger partial charge in [0.1, 0.15) is 11.4 Å². The summed E-state index contributed by atoms with van der Waals surface area (Å²) in [5.41, 5.74) is 1.84. The predicted octanol–water partition coefficient (Wildman–Crippen LogP) is 4.80. The van der Waals surface area contributed by atoms with E-state index in [1.165, 1.54) is 12.1 Å². The largest absolute Gasteiger partial charge is 0.451 e. The fourth-order valence-corrected chi connectivity index (χ4v) is 5.38. The maximum Gasteiger partial charge on any atom is 0.291 e. The molecule has 4 rings (SSSR count). The van der Waals surface area contributed by atoms with Gasteiger partial charge in [0, 0.05) is 35.4 Å². The van der Waals surface area contributed by atoms with Crippen LogP contribution in [0.4, 0.5) is 5.69 Å². The Kier molecular flexibility index (Phi) is 6.86. The first-order chi connectivity index (χ1) is 15.5. The number of nitrogens with one attached hydrogen (secondary N) is 2. The number of carbonyl (C=O) groups is 1. The van der Waals surface area contributed by atoms with Gasteiger partial charge in [0.15, 0.2) is 5.76 Å². The van der Waals surface area contributed by atoms with Gasteiger partial charge in [-0.1, -0.05) is 30.7 Å². The van der Waals surface area contributed by atoms with Crippen molar-refractivity contribution >= 4 is 50.2 Å². The minimum Gasteiger partial charge on any atom is -0.451 e. The molecule has 0 saturated carbocycles. The van der Waals surface area contributed by atoms with Crippen molar-refractivity contribution < 1.29 is 17.6 Å². The van der Waals surface area contributed by atoms with Gasteiger partial charge >= 0.3 is 0 Å². The van der Waals surface area contributed by atoms with E-state index in [-0.39, 0.29) is 10.7 Å². The minimum absolute atomic E-state index is 0.0659. The second kappa shape index (κ2) is 9.79. The van der Waals surface area contributed by atoms with E-state index in [0.29, 0.717) is 35.8 Å². The van der Waals surface area contributed by atoms with E-state index < -0.39 is 15.9 Å². The predicted molar refractivity (Wildman–Crippen MR) is 129 cm³/mol. The normalized spacial score (nSPS) is 14.6. The van der Waals surface area contributed by atoms with Gasteiger partial charge in [-0.25, -0.2) is 8.42 Å². The Bertz CT molecular complexity index is 1270. The molecular formula is C23H25N3O4S2. The molecule has 0 radical (unpaired) electrons. The summed E-state index contributed by atoms with van der Waals surface area (Å²) in [7, 11) is -3.80. The number of para-hydroxylation sites is 1. The zero-order valence-electron chi connectivity index (χ0n) is 17.8. The number of carbonyl (C=O) groups excluding carboxylic acids is 1. The molecule has 1 aliphatic rings. The molecule has 2 aromatic carbocycles. The molecule has 9 heteroatoms. The Balaban J connectivity index is 1.56. The molecule has 0 saturated heterocycles. The fraction of sp³-hybridized carbons (Fsp3) is 0.304.